The summed E-state index contributed by atoms with van der Waals surface area (Å²) in [5, 5.41) is 3.33. The third-order valence-corrected chi connectivity index (χ3v) is 3.40. The van der Waals surface area contributed by atoms with Crippen LogP contribution in [0.5, 0.6) is 5.75 Å². The van der Waals surface area contributed by atoms with Gasteiger partial charge in [0.15, 0.2) is 0 Å². The van der Waals surface area contributed by atoms with E-state index in [0.717, 1.165) is 0 Å². The van der Waals surface area contributed by atoms with Crippen LogP contribution in [0.15, 0.2) is 42.5 Å². The second-order valence-electron chi connectivity index (χ2n) is 4.83. The number of hydrogen-bond donors (Lipinski definition) is 1. The van der Waals surface area contributed by atoms with Crippen molar-refractivity contribution in [1.82, 2.24) is 0 Å². The maximum Gasteiger partial charge on any atom is 0.338 e. The molecule has 6 heteroatoms. The summed E-state index contributed by atoms with van der Waals surface area (Å²) >= 11 is 5.82. The molecule has 0 aliphatic rings. The number of carbonyl (C=O) groups excluding carboxylic acids is 2. The Labute approximate surface area is 145 Å². The number of nitrogens with one attached hydrogen (secondary N) is 1. The van der Waals surface area contributed by atoms with Crippen molar-refractivity contribution in [3.63, 3.8) is 0 Å². The monoisotopic (exact) mass is 347 g/mol. The Morgan fingerprint density at radius 2 is 1.67 bits per heavy atom. The molecule has 0 aliphatic carbocycles. The first-order valence-electron chi connectivity index (χ1n) is 7.56. The van der Waals surface area contributed by atoms with Crippen LogP contribution in [0.4, 0.5) is 5.69 Å². The van der Waals surface area contributed by atoms with Gasteiger partial charge in [0.1, 0.15) is 5.75 Å². The third-order valence-electron chi connectivity index (χ3n) is 3.15. The molecular weight excluding hydrogens is 330 g/mol. The van der Waals surface area contributed by atoms with Crippen LogP contribution in [0.1, 0.15) is 34.6 Å². The summed E-state index contributed by atoms with van der Waals surface area (Å²) in [6, 6.07) is 11.3. The van der Waals surface area contributed by atoms with Gasteiger partial charge in [-0.1, -0.05) is 11.6 Å². The molecule has 0 aromatic heterocycles. The fourth-order valence-electron chi connectivity index (χ4n) is 2.04. The van der Waals surface area contributed by atoms with Crippen molar-refractivity contribution < 1.29 is 19.1 Å². The fraction of sp³-hybridized carbons (Fsp3) is 0.222. The van der Waals surface area contributed by atoms with Crippen LogP contribution in [-0.4, -0.2) is 25.1 Å². The minimum Gasteiger partial charge on any atom is -0.492 e. The van der Waals surface area contributed by atoms with Gasteiger partial charge in [0.25, 0.3) is 5.91 Å². The Balaban J connectivity index is 2.23. The van der Waals surface area contributed by atoms with Crippen LogP contribution in [0.3, 0.4) is 0 Å². The highest BCUT2D eigenvalue weighted by molar-refractivity contribution is 6.30. The van der Waals surface area contributed by atoms with E-state index in [-0.39, 0.29) is 12.5 Å². The van der Waals surface area contributed by atoms with Crippen molar-refractivity contribution in [1.29, 1.82) is 0 Å². The van der Waals surface area contributed by atoms with Crippen molar-refractivity contribution in [2.24, 2.45) is 0 Å². The Hall–Kier alpha value is -2.53. The summed E-state index contributed by atoms with van der Waals surface area (Å²) in [5.74, 6) is -0.323. The topological polar surface area (TPSA) is 64.6 Å². The van der Waals surface area contributed by atoms with Gasteiger partial charge in [0.05, 0.1) is 24.5 Å². The molecule has 0 saturated carbocycles. The number of hydrogen-bond acceptors (Lipinski definition) is 4. The first-order chi connectivity index (χ1) is 11.5. The Morgan fingerprint density at radius 1 is 1.00 bits per heavy atom. The number of amides is 1. The zero-order valence-electron chi connectivity index (χ0n) is 13.5. The predicted octanol–water partition coefficient (Wildman–Crippen LogP) is 4.17. The first kappa shape index (κ1) is 17.8. The number of benzene rings is 2. The van der Waals surface area contributed by atoms with E-state index in [1.807, 2.05) is 6.92 Å². The smallest absolute Gasteiger partial charge is 0.338 e. The molecule has 2 aromatic rings. The van der Waals surface area contributed by atoms with Gasteiger partial charge >= 0.3 is 5.97 Å². The fourth-order valence-corrected chi connectivity index (χ4v) is 2.16. The van der Waals surface area contributed by atoms with Crippen LogP contribution in [0.25, 0.3) is 0 Å². The highest BCUT2D eigenvalue weighted by Crippen LogP contribution is 2.27. The highest BCUT2D eigenvalue weighted by Gasteiger charge is 2.14. The van der Waals surface area contributed by atoms with Gasteiger partial charge in [-0.2, -0.15) is 0 Å². The molecule has 0 atom stereocenters. The lowest BCUT2D eigenvalue weighted by atomic mass is 10.1. The SMILES string of the molecule is CCOC(=O)c1ccc(NC(=O)c2ccc(Cl)cc2)c(OCC)c1. The molecule has 0 heterocycles. The van der Waals surface area contributed by atoms with E-state index in [0.29, 0.717) is 34.2 Å². The average molecular weight is 348 g/mol. The van der Waals surface area contributed by atoms with E-state index in [2.05, 4.69) is 5.32 Å². The third kappa shape index (κ3) is 4.49. The lowest BCUT2D eigenvalue weighted by molar-refractivity contribution is 0.0526. The second-order valence-corrected chi connectivity index (χ2v) is 5.26. The molecule has 1 amide bonds. The maximum absolute atomic E-state index is 12.3. The number of rotatable bonds is 6. The Morgan fingerprint density at radius 3 is 2.29 bits per heavy atom. The van der Waals surface area contributed by atoms with Gasteiger partial charge in [-0.25, -0.2) is 4.79 Å². The molecule has 0 fully saturated rings. The highest BCUT2D eigenvalue weighted by atomic mass is 35.5. The van der Waals surface area contributed by atoms with Crippen molar-refractivity contribution in [3.05, 3.63) is 58.6 Å². The standard InChI is InChI=1S/C18H18ClNO4/c1-3-23-16-11-13(18(22)24-4-2)7-10-15(16)20-17(21)12-5-8-14(19)9-6-12/h5-11H,3-4H2,1-2H3,(H,20,21). The Bertz CT molecular complexity index is 728. The number of halogens is 1. The lowest BCUT2D eigenvalue weighted by Crippen LogP contribution is -2.13. The molecule has 0 bridgehead atoms. The van der Waals surface area contributed by atoms with Crippen molar-refractivity contribution >= 4 is 29.2 Å². The van der Waals surface area contributed by atoms with Crippen molar-refractivity contribution in [3.8, 4) is 5.75 Å². The van der Waals surface area contributed by atoms with E-state index in [1.54, 1.807) is 49.4 Å². The molecule has 0 aliphatic heterocycles. The summed E-state index contributed by atoms with van der Waals surface area (Å²) in [4.78, 5) is 24.1. The minimum atomic E-state index is -0.436. The van der Waals surface area contributed by atoms with Gasteiger partial charge in [-0.15, -0.1) is 0 Å². The van der Waals surface area contributed by atoms with Crippen molar-refractivity contribution in [2.45, 2.75) is 13.8 Å². The molecule has 0 saturated heterocycles. The molecule has 2 aromatic carbocycles. The van der Waals surface area contributed by atoms with E-state index >= 15 is 0 Å². The number of anilines is 1. The zero-order chi connectivity index (χ0) is 17.5. The van der Waals surface area contributed by atoms with Crippen LogP contribution < -0.4 is 10.1 Å². The van der Waals surface area contributed by atoms with Gasteiger partial charge in [-0.3, -0.25) is 4.79 Å². The molecule has 1 N–H and O–H groups in total. The zero-order valence-corrected chi connectivity index (χ0v) is 14.2. The van der Waals surface area contributed by atoms with Crippen LogP contribution >= 0.6 is 11.6 Å². The van der Waals surface area contributed by atoms with Gasteiger partial charge in [-0.05, 0) is 56.3 Å². The summed E-state index contributed by atoms with van der Waals surface area (Å²) in [6.07, 6.45) is 0. The minimum absolute atomic E-state index is 0.290. The number of ether oxygens (including phenoxy) is 2. The van der Waals surface area contributed by atoms with Gasteiger partial charge in [0.2, 0.25) is 0 Å². The molecule has 0 radical (unpaired) electrons. The Kier molecular flexibility index (Phi) is 6.21. The second kappa shape index (κ2) is 8.36. The van der Waals surface area contributed by atoms with Gasteiger partial charge in [0, 0.05) is 10.6 Å². The van der Waals surface area contributed by atoms with E-state index in [4.69, 9.17) is 21.1 Å². The number of esters is 1. The van der Waals surface area contributed by atoms with Crippen LogP contribution in [0, 0.1) is 0 Å². The summed E-state index contributed by atoms with van der Waals surface area (Å²) in [5.41, 5.74) is 1.31. The molecular formula is C18H18ClNO4. The van der Waals surface area contributed by atoms with Crippen LogP contribution in [-0.2, 0) is 4.74 Å². The van der Waals surface area contributed by atoms with E-state index in [1.165, 1.54) is 0 Å². The van der Waals surface area contributed by atoms with E-state index < -0.39 is 5.97 Å². The largest absolute Gasteiger partial charge is 0.492 e. The maximum atomic E-state index is 12.3. The van der Waals surface area contributed by atoms with Crippen molar-refractivity contribution in [2.75, 3.05) is 18.5 Å². The normalized spacial score (nSPS) is 10.1. The molecule has 5 nitrogen and oxygen atoms in total. The number of carbonyl (C=O) groups is 2. The van der Waals surface area contributed by atoms with Crippen LogP contribution in [0.2, 0.25) is 5.02 Å². The predicted molar refractivity (Wildman–Crippen MR) is 93.0 cm³/mol. The van der Waals surface area contributed by atoms with E-state index in [9.17, 15) is 9.59 Å². The summed E-state index contributed by atoms with van der Waals surface area (Å²) in [7, 11) is 0. The summed E-state index contributed by atoms with van der Waals surface area (Å²) in [6.45, 7) is 4.25. The van der Waals surface area contributed by atoms with Gasteiger partial charge < -0.3 is 14.8 Å². The quantitative estimate of drug-likeness (QED) is 0.796. The lowest BCUT2D eigenvalue weighted by Gasteiger charge is -2.13. The molecule has 2 rings (SSSR count). The molecule has 126 valence electrons. The first-order valence-corrected chi connectivity index (χ1v) is 7.93. The molecule has 24 heavy (non-hydrogen) atoms. The molecule has 0 spiro atoms. The summed E-state index contributed by atoms with van der Waals surface area (Å²) < 4.78 is 10.5. The molecule has 0 unspecified atom stereocenters. The average Bonchev–Trinajstić information content (AvgIpc) is 2.57.